The third-order valence-electron chi connectivity index (χ3n) is 3.34. The molecule has 0 amide bonds. The quantitative estimate of drug-likeness (QED) is 0.863. The van der Waals surface area contributed by atoms with Crippen molar-refractivity contribution in [2.75, 3.05) is 11.9 Å². The van der Waals surface area contributed by atoms with E-state index in [2.05, 4.69) is 33.2 Å². The fraction of sp³-hybridized carbons (Fsp3) is 0.538. The molecule has 0 saturated carbocycles. The van der Waals surface area contributed by atoms with Crippen molar-refractivity contribution in [2.45, 2.75) is 38.3 Å². The Morgan fingerprint density at radius 1 is 1.39 bits per heavy atom. The molecule has 1 aliphatic heterocycles. The van der Waals surface area contributed by atoms with Crippen LogP contribution in [-0.4, -0.2) is 41.2 Å². The number of ether oxygens (including phenoxy) is 1. The number of anilines is 1. The van der Waals surface area contributed by atoms with Crippen molar-refractivity contribution in [3.63, 3.8) is 0 Å². The number of nitrogens with one attached hydrogen (secondary N) is 1. The molecule has 1 fully saturated rings. The summed E-state index contributed by atoms with van der Waals surface area (Å²) in [5.41, 5.74) is 3.17. The molecule has 1 aromatic heterocycles. The van der Waals surface area contributed by atoms with Crippen LogP contribution in [0.1, 0.15) is 26.7 Å². The van der Waals surface area contributed by atoms with E-state index in [4.69, 9.17) is 4.74 Å². The second kappa shape index (κ2) is 4.65. The summed E-state index contributed by atoms with van der Waals surface area (Å²) in [7, 11) is 0. The first kappa shape index (κ1) is 12.1. The number of nitrogens with zero attached hydrogens (tertiary/aromatic N) is 2. The van der Waals surface area contributed by atoms with Gasteiger partial charge in [-0.25, -0.2) is 0 Å². The molecule has 0 aliphatic carbocycles. The van der Waals surface area contributed by atoms with Crippen LogP contribution in [0.15, 0.2) is 18.2 Å². The maximum atomic E-state index is 5.75. The van der Waals surface area contributed by atoms with Crippen LogP contribution in [0, 0.1) is 0 Å². The fourth-order valence-electron chi connectivity index (χ4n) is 2.50. The van der Waals surface area contributed by atoms with Gasteiger partial charge in [0.05, 0.1) is 0 Å². The zero-order chi connectivity index (χ0) is 12.6. The van der Waals surface area contributed by atoms with E-state index in [1.54, 1.807) is 0 Å². The summed E-state index contributed by atoms with van der Waals surface area (Å²) in [6.45, 7) is 5.13. The summed E-state index contributed by atoms with van der Waals surface area (Å²) >= 11 is 0.0368. The Morgan fingerprint density at radius 2 is 2.28 bits per heavy atom. The number of hydrogen-bond acceptors (Lipinski definition) is 4. The molecule has 0 bridgehead atoms. The molecule has 5 heteroatoms. The van der Waals surface area contributed by atoms with E-state index in [9.17, 15) is 0 Å². The van der Waals surface area contributed by atoms with Gasteiger partial charge in [-0.1, -0.05) is 0 Å². The summed E-state index contributed by atoms with van der Waals surface area (Å²) in [4.78, 5) is 0. The zero-order valence-corrected chi connectivity index (χ0v) is 12.4. The van der Waals surface area contributed by atoms with Gasteiger partial charge >= 0.3 is 113 Å². The SMILES string of the molecule is CC1(C)CC(Nc2cccc3n[se]nc23)CCO1. The molecule has 0 spiro atoms. The number of fused-ring (bicyclic) bond motifs is 1. The Hall–Kier alpha value is -0.901. The normalized spacial score (nSPS) is 23.1. The van der Waals surface area contributed by atoms with Gasteiger partial charge in [0.25, 0.3) is 0 Å². The van der Waals surface area contributed by atoms with Gasteiger partial charge in [0.1, 0.15) is 0 Å². The van der Waals surface area contributed by atoms with Crippen molar-refractivity contribution in [1.29, 1.82) is 0 Å². The molecule has 3 rings (SSSR count). The minimum atomic E-state index is -0.0284. The second-order valence-corrected chi connectivity index (χ2v) is 6.49. The molecule has 1 atom stereocenters. The molecule has 1 aromatic carbocycles. The van der Waals surface area contributed by atoms with Crippen molar-refractivity contribution in [3.8, 4) is 0 Å². The monoisotopic (exact) mass is 311 g/mol. The van der Waals surface area contributed by atoms with Gasteiger partial charge in [0, 0.05) is 0 Å². The van der Waals surface area contributed by atoms with Crippen molar-refractivity contribution in [1.82, 2.24) is 7.96 Å². The van der Waals surface area contributed by atoms with Gasteiger partial charge < -0.3 is 0 Å². The van der Waals surface area contributed by atoms with E-state index < -0.39 is 0 Å². The van der Waals surface area contributed by atoms with Crippen LogP contribution in [0.5, 0.6) is 0 Å². The molecule has 96 valence electrons. The standard InChI is InChI=1S/C13H17N3OSe/c1-13(2)8-9(6-7-17-13)14-10-4-3-5-11-12(10)16-18-15-11/h3-5,9,14H,6-8H2,1-2H3. The Bertz CT molecular complexity index is 552. The number of hydrogen-bond donors (Lipinski definition) is 1. The van der Waals surface area contributed by atoms with E-state index in [-0.39, 0.29) is 20.6 Å². The predicted octanol–water partition coefficient (Wildman–Crippen LogP) is 2.06. The van der Waals surface area contributed by atoms with Crippen LogP contribution in [0.3, 0.4) is 0 Å². The average molecular weight is 310 g/mol. The van der Waals surface area contributed by atoms with Crippen LogP contribution in [0.25, 0.3) is 11.0 Å². The van der Waals surface area contributed by atoms with Crippen molar-refractivity contribution >= 4 is 31.7 Å². The molecule has 1 unspecified atom stereocenters. The summed E-state index contributed by atoms with van der Waals surface area (Å²) in [6, 6.07) is 6.64. The fourth-order valence-corrected chi connectivity index (χ4v) is 3.65. The number of rotatable bonds is 2. The van der Waals surface area contributed by atoms with Crippen LogP contribution in [0.2, 0.25) is 0 Å². The zero-order valence-electron chi connectivity index (χ0n) is 10.6. The summed E-state index contributed by atoms with van der Waals surface area (Å²) < 4.78 is 14.7. The average Bonchev–Trinajstić information content (AvgIpc) is 2.77. The maximum absolute atomic E-state index is 5.75. The molecule has 1 aliphatic rings. The molecule has 18 heavy (non-hydrogen) atoms. The van der Waals surface area contributed by atoms with Crippen LogP contribution in [0.4, 0.5) is 5.69 Å². The van der Waals surface area contributed by atoms with Crippen molar-refractivity contribution < 1.29 is 4.74 Å². The first-order chi connectivity index (χ1) is 8.64. The van der Waals surface area contributed by atoms with Gasteiger partial charge in [-0.15, -0.1) is 0 Å². The summed E-state index contributed by atoms with van der Waals surface area (Å²) in [6.07, 6.45) is 2.08. The molecule has 1 N–H and O–H groups in total. The Labute approximate surface area is 113 Å². The summed E-state index contributed by atoms with van der Waals surface area (Å²) in [5, 5.41) is 3.61. The van der Waals surface area contributed by atoms with E-state index in [0.717, 1.165) is 36.2 Å². The Kier molecular flexibility index (Phi) is 3.14. The molecule has 1 saturated heterocycles. The molecule has 2 aromatic rings. The van der Waals surface area contributed by atoms with Gasteiger partial charge in [-0.2, -0.15) is 0 Å². The molecule has 0 radical (unpaired) electrons. The molecular formula is C13H17N3OSe. The molecular weight excluding hydrogens is 293 g/mol. The predicted molar refractivity (Wildman–Crippen MR) is 73.2 cm³/mol. The van der Waals surface area contributed by atoms with Gasteiger partial charge in [0.15, 0.2) is 0 Å². The van der Waals surface area contributed by atoms with E-state index in [0.29, 0.717) is 6.04 Å². The second-order valence-electron chi connectivity index (χ2n) is 5.38. The first-order valence-electron chi connectivity index (χ1n) is 6.26. The Morgan fingerprint density at radius 3 is 3.11 bits per heavy atom. The Balaban J connectivity index is 1.82. The third-order valence-corrected chi connectivity index (χ3v) is 4.48. The van der Waals surface area contributed by atoms with Crippen LogP contribution < -0.4 is 5.32 Å². The number of aromatic nitrogens is 2. The van der Waals surface area contributed by atoms with Crippen LogP contribution in [-0.2, 0) is 4.74 Å². The topological polar surface area (TPSA) is 47.0 Å². The first-order valence-corrected chi connectivity index (χ1v) is 7.79. The third kappa shape index (κ3) is 2.44. The van der Waals surface area contributed by atoms with Gasteiger partial charge in [0.2, 0.25) is 0 Å². The van der Waals surface area contributed by atoms with Crippen molar-refractivity contribution in [2.24, 2.45) is 0 Å². The van der Waals surface area contributed by atoms with E-state index in [1.165, 1.54) is 0 Å². The van der Waals surface area contributed by atoms with Crippen molar-refractivity contribution in [3.05, 3.63) is 18.2 Å². The van der Waals surface area contributed by atoms with Crippen LogP contribution >= 0.6 is 0 Å². The van der Waals surface area contributed by atoms with E-state index >= 15 is 0 Å². The molecule has 2 heterocycles. The van der Waals surface area contributed by atoms with Gasteiger partial charge in [-0.05, 0) is 0 Å². The summed E-state index contributed by atoms with van der Waals surface area (Å²) in [5.74, 6) is 0. The van der Waals surface area contributed by atoms with E-state index in [1.807, 2.05) is 12.1 Å². The molecule has 4 nitrogen and oxygen atoms in total. The minimum absolute atomic E-state index is 0.0284. The number of benzene rings is 1. The van der Waals surface area contributed by atoms with Gasteiger partial charge in [-0.3, -0.25) is 0 Å².